The minimum atomic E-state index is 0.156. The molecule has 3 heterocycles. The van der Waals surface area contributed by atoms with Crippen LogP contribution in [0.2, 0.25) is 0 Å². The number of carbonyl (C=O) groups excluding carboxylic acids is 1. The number of nitrogens with zero attached hydrogens (tertiary/aromatic N) is 2. The number of benzene rings is 3. The van der Waals surface area contributed by atoms with Crippen LogP contribution in [0.1, 0.15) is 11.1 Å². The van der Waals surface area contributed by atoms with E-state index in [4.69, 9.17) is 13.9 Å². The molecule has 1 amide bonds. The van der Waals surface area contributed by atoms with Crippen molar-refractivity contribution < 1.29 is 18.7 Å². The summed E-state index contributed by atoms with van der Waals surface area (Å²) in [5.74, 6) is 1.78. The van der Waals surface area contributed by atoms with Crippen LogP contribution in [0.25, 0.3) is 21.7 Å². The molecule has 162 valence electrons. The third-order valence-corrected chi connectivity index (χ3v) is 6.45. The van der Waals surface area contributed by atoms with Gasteiger partial charge in [0.05, 0.1) is 12.7 Å². The Balaban J connectivity index is 1.11. The molecule has 6 heteroatoms. The molecule has 0 unspecified atom stereocenters. The first-order chi connectivity index (χ1) is 15.7. The molecular formula is C26H24N2O4. The van der Waals surface area contributed by atoms with Gasteiger partial charge in [0.25, 0.3) is 0 Å². The highest BCUT2D eigenvalue weighted by Gasteiger charge is 2.23. The van der Waals surface area contributed by atoms with Crippen molar-refractivity contribution in [2.45, 2.75) is 13.0 Å². The van der Waals surface area contributed by atoms with E-state index < -0.39 is 0 Å². The van der Waals surface area contributed by atoms with Crippen molar-refractivity contribution in [2.24, 2.45) is 0 Å². The van der Waals surface area contributed by atoms with E-state index in [0.29, 0.717) is 13.2 Å². The fraction of sp³-hybridized carbons (Fsp3) is 0.269. The maximum Gasteiger partial charge on any atom is 0.231 e. The summed E-state index contributed by atoms with van der Waals surface area (Å²) in [7, 11) is 0. The first-order valence-electron chi connectivity index (χ1n) is 11.0. The molecule has 2 aliphatic rings. The van der Waals surface area contributed by atoms with E-state index in [1.165, 1.54) is 5.56 Å². The lowest BCUT2D eigenvalue weighted by molar-refractivity contribution is -0.132. The van der Waals surface area contributed by atoms with Crippen LogP contribution in [-0.2, 0) is 17.8 Å². The molecule has 0 radical (unpaired) electrons. The van der Waals surface area contributed by atoms with Crippen LogP contribution < -0.4 is 9.47 Å². The maximum absolute atomic E-state index is 13.1. The molecule has 0 N–H and O–H groups in total. The maximum atomic E-state index is 13.1. The summed E-state index contributed by atoms with van der Waals surface area (Å²) in [6, 6.07) is 18.4. The Morgan fingerprint density at radius 2 is 1.75 bits per heavy atom. The average molecular weight is 428 g/mol. The van der Waals surface area contributed by atoms with Crippen molar-refractivity contribution >= 4 is 27.6 Å². The topological polar surface area (TPSA) is 55.2 Å². The number of hydrogen-bond acceptors (Lipinski definition) is 5. The molecule has 1 saturated heterocycles. The van der Waals surface area contributed by atoms with E-state index in [9.17, 15) is 4.79 Å². The van der Waals surface area contributed by atoms with Gasteiger partial charge in [0.1, 0.15) is 5.58 Å². The zero-order chi connectivity index (χ0) is 21.5. The molecule has 1 aromatic heterocycles. The quantitative estimate of drug-likeness (QED) is 0.488. The Labute approximate surface area is 185 Å². The molecular weight excluding hydrogens is 404 g/mol. The van der Waals surface area contributed by atoms with Gasteiger partial charge in [0.15, 0.2) is 11.5 Å². The summed E-state index contributed by atoms with van der Waals surface area (Å²) in [5, 5.41) is 3.35. The van der Waals surface area contributed by atoms with E-state index in [0.717, 1.165) is 71.5 Å². The Kier molecular flexibility index (Phi) is 4.72. The van der Waals surface area contributed by atoms with Gasteiger partial charge in [-0.25, -0.2) is 0 Å². The van der Waals surface area contributed by atoms with Crippen LogP contribution in [0.5, 0.6) is 11.5 Å². The lowest BCUT2D eigenvalue weighted by atomic mass is 10.0. The second kappa shape index (κ2) is 7.88. The monoisotopic (exact) mass is 428 g/mol. The van der Waals surface area contributed by atoms with E-state index in [1.54, 1.807) is 6.26 Å². The van der Waals surface area contributed by atoms with E-state index in [1.807, 2.05) is 35.2 Å². The fourth-order valence-corrected chi connectivity index (χ4v) is 4.73. The zero-order valence-electron chi connectivity index (χ0n) is 17.8. The van der Waals surface area contributed by atoms with Gasteiger partial charge in [-0.1, -0.05) is 36.4 Å². The molecule has 32 heavy (non-hydrogen) atoms. The number of ether oxygens (including phenoxy) is 2. The van der Waals surface area contributed by atoms with E-state index in [2.05, 4.69) is 29.2 Å². The molecule has 0 spiro atoms. The van der Waals surface area contributed by atoms with E-state index >= 15 is 0 Å². The third-order valence-electron chi connectivity index (χ3n) is 6.45. The molecule has 4 aromatic rings. The predicted octanol–water partition coefficient (Wildman–Crippen LogP) is 4.20. The molecule has 6 nitrogen and oxygen atoms in total. The molecule has 6 rings (SSSR count). The van der Waals surface area contributed by atoms with Crippen LogP contribution in [0.4, 0.5) is 0 Å². The zero-order valence-corrected chi connectivity index (χ0v) is 17.8. The highest BCUT2D eigenvalue weighted by molar-refractivity contribution is 6.08. The van der Waals surface area contributed by atoms with Crippen LogP contribution in [0, 0.1) is 0 Å². The van der Waals surface area contributed by atoms with Crippen LogP contribution in [0.15, 0.2) is 65.3 Å². The Hall–Kier alpha value is -3.51. The highest BCUT2D eigenvalue weighted by atomic mass is 16.7. The van der Waals surface area contributed by atoms with Crippen molar-refractivity contribution in [3.8, 4) is 11.5 Å². The summed E-state index contributed by atoms with van der Waals surface area (Å²) in [6.45, 7) is 4.32. The number of rotatable bonds is 4. The van der Waals surface area contributed by atoms with Crippen LogP contribution in [0.3, 0.4) is 0 Å². The summed E-state index contributed by atoms with van der Waals surface area (Å²) in [5.41, 5.74) is 3.00. The molecule has 0 bridgehead atoms. The van der Waals surface area contributed by atoms with Gasteiger partial charge in [0.2, 0.25) is 12.7 Å². The second-order valence-electron chi connectivity index (χ2n) is 8.44. The Morgan fingerprint density at radius 1 is 0.906 bits per heavy atom. The molecule has 1 fully saturated rings. The van der Waals surface area contributed by atoms with Crippen molar-refractivity contribution in [1.82, 2.24) is 9.80 Å². The van der Waals surface area contributed by atoms with Crippen molar-refractivity contribution in [3.05, 3.63) is 72.0 Å². The summed E-state index contributed by atoms with van der Waals surface area (Å²) in [4.78, 5) is 17.4. The molecule has 3 aromatic carbocycles. The SMILES string of the molecule is O=C(Cc1coc2ccc3ccccc3c12)N1CCN(Cc2ccc3c(c2)OCO3)CC1. The standard InChI is InChI=1S/C26H24N2O4/c29-25(14-20-16-30-23-8-6-19-3-1-2-4-21(19)26(20)23)28-11-9-27(10-12-28)15-18-5-7-22-24(13-18)32-17-31-22/h1-8,13,16H,9-12,14-15,17H2. The van der Waals surface area contributed by atoms with Crippen molar-refractivity contribution in [1.29, 1.82) is 0 Å². The summed E-state index contributed by atoms with van der Waals surface area (Å²) < 4.78 is 16.6. The molecule has 0 atom stereocenters. The molecule has 0 aliphatic carbocycles. The Morgan fingerprint density at radius 3 is 2.66 bits per heavy atom. The van der Waals surface area contributed by atoms with Crippen molar-refractivity contribution in [2.75, 3.05) is 33.0 Å². The lowest BCUT2D eigenvalue weighted by Crippen LogP contribution is -2.48. The number of piperazine rings is 1. The summed E-state index contributed by atoms with van der Waals surface area (Å²) >= 11 is 0. The van der Waals surface area contributed by atoms with Gasteiger partial charge in [-0.15, -0.1) is 0 Å². The smallest absolute Gasteiger partial charge is 0.231 e. The molecule has 2 aliphatic heterocycles. The number of fused-ring (bicyclic) bond motifs is 4. The van der Waals surface area contributed by atoms with Gasteiger partial charge < -0.3 is 18.8 Å². The van der Waals surface area contributed by atoms with Gasteiger partial charge >= 0.3 is 0 Å². The third kappa shape index (κ3) is 3.46. The van der Waals surface area contributed by atoms with Gasteiger partial charge in [0, 0.05) is 43.7 Å². The minimum Gasteiger partial charge on any atom is -0.464 e. The summed E-state index contributed by atoms with van der Waals surface area (Å²) in [6.07, 6.45) is 2.11. The average Bonchev–Trinajstić information content (AvgIpc) is 3.46. The Bertz CT molecular complexity index is 1300. The number of carbonyl (C=O) groups is 1. The van der Waals surface area contributed by atoms with E-state index in [-0.39, 0.29) is 5.91 Å². The highest BCUT2D eigenvalue weighted by Crippen LogP contribution is 2.33. The number of amides is 1. The van der Waals surface area contributed by atoms with Crippen LogP contribution >= 0.6 is 0 Å². The largest absolute Gasteiger partial charge is 0.464 e. The lowest BCUT2D eigenvalue weighted by Gasteiger charge is -2.34. The fourth-order valence-electron chi connectivity index (χ4n) is 4.73. The first-order valence-corrected chi connectivity index (χ1v) is 11.0. The normalized spacial score (nSPS) is 16.2. The van der Waals surface area contributed by atoms with Crippen molar-refractivity contribution in [3.63, 3.8) is 0 Å². The van der Waals surface area contributed by atoms with Gasteiger partial charge in [-0.3, -0.25) is 9.69 Å². The second-order valence-corrected chi connectivity index (χ2v) is 8.44. The number of hydrogen-bond donors (Lipinski definition) is 0. The predicted molar refractivity (Wildman–Crippen MR) is 122 cm³/mol. The molecule has 0 saturated carbocycles. The van der Waals surface area contributed by atoms with Gasteiger partial charge in [-0.2, -0.15) is 0 Å². The minimum absolute atomic E-state index is 0.156. The first kappa shape index (κ1) is 19.2. The van der Waals surface area contributed by atoms with Crippen LogP contribution in [-0.4, -0.2) is 48.7 Å². The van der Waals surface area contributed by atoms with Gasteiger partial charge in [-0.05, 0) is 34.5 Å². The number of furan rings is 1.